The smallest absolute Gasteiger partial charge is 0.269 e. The van der Waals surface area contributed by atoms with Gasteiger partial charge in [-0.3, -0.25) is 14.6 Å². The number of fused-ring (bicyclic) bond motifs is 1. The summed E-state index contributed by atoms with van der Waals surface area (Å²) >= 11 is 5.98. The number of nitriles is 1. The van der Waals surface area contributed by atoms with E-state index in [1.54, 1.807) is 23.0 Å². The predicted octanol–water partition coefficient (Wildman–Crippen LogP) is 3.63. The minimum absolute atomic E-state index is 0.0468. The predicted molar refractivity (Wildman–Crippen MR) is 110 cm³/mol. The van der Waals surface area contributed by atoms with Crippen LogP contribution in [0.3, 0.4) is 0 Å². The third-order valence-electron chi connectivity index (χ3n) is 5.20. The van der Waals surface area contributed by atoms with E-state index in [9.17, 15) is 9.18 Å². The largest absolute Gasteiger partial charge is 0.346 e. The van der Waals surface area contributed by atoms with Crippen LogP contribution in [0, 0.1) is 17.1 Å². The van der Waals surface area contributed by atoms with E-state index in [4.69, 9.17) is 16.9 Å². The highest BCUT2D eigenvalue weighted by molar-refractivity contribution is 6.32. The summed E-state index contributed by atoms with van der Waals surface area (Å²) in [6.07, 6.45) is 5.70. The summed E-state index contributed by atoms with van der Waals surface area (Å²) in [6, 6.07) is 6.05. The van der Waals surface area contributed by atoms with Crippen molar-refractivity contribution in [2.75, 3.05) is 0 Å². The molecule has 1 aliphatic carbocycles. The summed E-state index contributed by atoms with van der Waals surface area (Å²) in [5.41, 5.74) is 3.38. The summed E-state index contributed by atoms with van der Waals surface area (Å²) in [7, 11) is 0. The van der Waals surface area contributed by atoms with E-state index in [1.807, 2.05) is 6.92 Å². The SMILES string of the molecule is CC(Cn1ccc(-c2cc(F)c(C#N)c(Cl)c2)n1)NC(=O)c1[nH]nc2c1CCCC2. The van der Waals surface area contributed by atoms with Gasteiger partial charge in [0.05, 0.1) is 23.0 Å². The molecule has 1 unspecified atom stereocenters. The maximum absolute atomic E-state index is 14.0. The molecule has 0 radical (unpaired) electrons. The molecule has 3 aromatic rings. The van der Waals surface area contributed by atoms with Crippen molar-refractivity contribution >= 4 is 17.5 Å². The number of aryl methyl sites for hydroxylation is 1. The number of H-pyrrole nitrogens is 1. The van der Waals surface area contributed by atoms with Crippen molar-refractivity contribution in [3.8, 4) is 17.3 Å². The Morgan fingerprint density at radius 1 is 1.43 bits per heavy atom. The first-order valence-electron chi connectivity index (χ1n) is 9.76. The lowest BCUT2D eigenvalue weighted by Gasteiger charge is -2.15. The fraction of sp³-hybridized carbons (Fsp3) is 0.333. The van der Waals surface area contributed by atoms with Crippen LogP contribution in [0.5, 0.6) is 0 Å². The molecule has 0 fully saturated rings. The normalized spacial score (nSPS) is 14.1. The van der Waals surface area contributed by atoms with Crippen LogP contribution in [0.15, 0.2) is 24.4 Å². The lowest BCUT2D eigenvalue weighted by Crippen LogP contribution is -2.36. The second kappa shape index (κ2) is 8.28. The number of benzene rings is 1. The Morgan fingerprint density at radius 2 is 2.23 bits per heavy atom. The summed E-state index contributed by atoms with van der Waals surface area (Å²) in [5.74, 6) is -0.857. The van der Waals surface area contributed by atoms with Crippen molar-refractivity contribution in [3.63, 3.8) is 0 Å². The van der Waals surface area contributed by atoms with Gasteiger partial charge in [-0.15, -0.1) is 0 Å². The Hall–Kier alpha value is -3.18. The fourth-order valence-corrected chi connectivity index (χ4v) is 3.98. The van der Waals surface area contributed by atoms with E-state index in [0.29, 0.717) is 23.5 Å². The van der Waals surface area contributed by atoms with E-state index in [2.05, 4.69) is 20.6 Å². The van der Waals surface area contributed by atoms with Crippen LogP contribution >= 0.6 is 11.6 Å². The lowest BCUT2D eigenvalue weighted by atomic mass is 9.96. The molecule has 0 saturated carbocycles. The van der Waals surface area contributed by atoms with E-state index >= 15 is 0 Å². The molecular weight excluding hydrogens is 407 g/mol. The number of hydrogen-bond acceptors (Lipinski definition) is 4. The zero-order valence-corrected chi connectivity index (χ0v) is 17.1. The molecule has 2 heterocycles. The van der Waals surface area contributed by atoms with Gasteiger partial charge in [-0.1, -0.05) is 11.6 Å². The Labute approximate surface area is 177 Å². The van der Waals surface area contributed by atoms with Gasteiger partial charge in [0.25, 0.3) is 5.91 Å². The maximum Gasteiger partial charge on any atom is 0.269 e. The number of rotatable bonds is 5. The number of aromatic amines is 1. The first kappa shape index (κ1) is 20.1. The fourth-order valence-electron chi connectivity index (χ4n) is 3.73. The Balaban J connectivity index is 1.43. The monoisotopic (exact) mass is 426 g/mol. The molecule has 9 heteroatoms. The molecule has 154 valence electrons. The molecule has 0 saturated heterocycles. The van der Waals surface area contributed by atoms with Gasteiger partial charge in [0.15, 0.2) is 0 Å². The molecule has 30 heavy (non-hydrogen) atoms. The number of amides is 1. The third-order valence-corrected chi connectivity index (χ3v) is 5.50. The minimum atomic E-state index is -0.682. The number of carbonyl (C=O) groups excluding carboxylic acids is 1. The number of halogens is 2. The third kappa shape index (κ3) is 3.94. The molecule has 2 N–H and O–H groups in total. The second-order valence-electron chi connectivity index (χ2n) is 7.46. The van der Waals surface area contributed by atoms with Crippen LogP contribution in [0.4, 0.5) is 4.39 Å². The minimum Gasteiger partial charge on any atom is -0.346 e. The van der Waals surface area contributed by atoms with Crippen molar-refractivity contribution in [2.24, 2.45) is 0 Å². The van der Waals surface area contributed by atoms with Gasteiger partial charge >= 0.3 is 0 Å². The summed E-state index contributed by atoms with van der Waals surface area (Å²) < 4.78 is 15.7. The maximum atomic E-state index is 14.0. The molecular formula is C21H20ClFN6O. The zero-order chi connectivity index (χ0) is 21.3. The van der Waals surface area contributed by atoms with Gasteiger partial charge in [0.1, 0.15) is 23.1 Å². The topological polar surface area (TPSA) is 99.4 Å². The molecule has 1 amide bonds. The number of carbonyl (C=O) groups is 1. The first-order valence-corrected chi connectivity index (χ1v) is 10.1. The van der Waals surface area contributed by atoms with Gasteiger partial charge in [-0.05, 0) is 50.8 Å². The van der Waals surface area contributed by atoms with Crippen molar-refractivity contribution < 1.29 is 9.18 Å². The van der Waals surface area contributed by atoms with Gasteiger partial charge in [-0.25, -0.2) is 4.39 Å². The number of aromatic nitrogens is 4. The zero-order valence-electron chi connectivity index (χ0n) is 16.4. The molecule has 0 bridgehead atoms. The van der Waals surface area contributed by atoms with E-state index in [0.717, 1.165) is 36.9 Å². The van der Waals surface area contributed by atoms with Crippen LogP contribution in [-0.4, -0.2) is 31.9 Å². The number of nitrogens with zero attached hydrogens (tertiary/aromatic N) is 4. The number of hydrogen-bond donors (Lipinski definition) is 2. The first-order chi connectivity index (χ1) is 14.5. The Kier molecular flexibility index (Phi) is 5.55. The molecule has 0 spiro atoms. The molecule has 1 aliphatic rings. The Morgan fingerprint density at radius 3 is 3.00 bits per heavy atom. The second-order valence-corrected chi connectivity index (χ2v) is 7.86. The number of nitrogens with one attached hydrogen (secondary N) is 2. The van der Waals surface area contributed by atoms with Crippen molar-refractivity contribution in [1.82, 2.24) is 25.3 Å². The van der Waals surface area contributed by atoms with Crippen LogP contribution in [0.25, 0.3) is 11.3 Å². The average Bonchev–Trinajstić information content (AvgIpc) is 3.34. The molecule has 4 rings (SSSR count). The van der Waals surface area contributed by atoms with Gasteiger partial charge in [0, 0.05) is 23.4 Å². The van der Waals surface area contributed by atoms with Crippen molar-refractivity contribution in [2.45, 2.75) is 45.2 Å². The molecule has 1 aromatic carbocycles. The highest BCUT2D eigenvalue weighted by atomic mass is 35.5. The van der Waals surface area contributed by atoms with Gasteiger partial charge in [-0.2, -0.15) is 15.5 Å². The molecule has 0 aliphatic heterocycles. The highest BCUT2D eigenvalue weighted by Crippen LogP contribution is 2.27. The highest BCUT2D eigenvalue weighted by Gasteiger charge is 2.22. The van der Waals surface area contributed by atoms with Crippen LogP contribution in [0.1, 0.15) is 47.1 Å². The van der Waals surface area contributed by atoms with Crippen LogP contribution in [-0.2, 0) is 19.4 Å². The van der Waals surface area contributed by atoms with E-state index in [-0.39, 0.29) is 22.5 Å². The van der Waals surface area contributed by atoms with Crippen LogP contribution in [0.2, 0.25) is 5.02 Å². The molecule has 1 atom stereocenters. The summed E-state index contributed by atoms with van der Waals surface area (Å²) in [6.45, 7) is 2.33. The average molecular weight is 427 g/mol. The van der Waals surface area contributed by atoms with Crippen molar-refractivity contribution in [1.29, 1.82) is 5.26 Å². The van der Waals surface area contributed by atoms with Gasteiger partial charge < -0.3 is 5.32 Å². The molecule has 7 nitrogen and oxygen atoms in total. The van der Waals surface area contributed by atoms with Crippen LogP contribution < -0.4 is 5.32 Å². The molecule has 2 aromatic heterocycles. The Bertz CT molecular complexity index is 1120. The van der Waals surface area contributed by atoms with Gasteiger partial charge in [0.2, 0.25) is 0 Å². The summed E-state index contributed by atoms with van der Waals surface area (Å²) in [4.78, 5) is 12.6. The summed E-state index contributed by atoms with van der Waals surface area (Å²) in [5, 5.41) is 23.5. The lowest BCUT2D eigenvalue weighted by molar-refractivity contribution is 0.0930. The quantitative estimate of drug-likeness (QED) is 0.650. The van der Waals surface area contributed by atoms with Crippen molar-refractivity contribution in [3.05, 3.63) is 57.8 Å². The van der Waals surface area contributed by atoms with E-state index < -0.39 is 5.82 Å². The standard InChI is InChI=1S/C21H20ClFN6O/c1-12(25-21(30)20-14-4-2-3-5-19(14)26-27-20)11-29-7-6-18(28-29)13-8-16(22)15(10-24)17(23)9-13/h6-9,12H,2-5,11H2,1H3,(H,25,30)(H,26,27). The van der Waals surface area contributed by atoms with E-state index in [1.165, 1.54) is 12.1 Å².